The van der Waals surface area contributed by atoms with Gasteiger partial charge in [0.05, 0.1) is 30.8 Å². The molecule has 1 aromatic rings. The van der Waals surface area contributed by atoms with Crippen molar-refractivity contribution in [2.45, 2.75) is 45.5 Å². The van der Waals surface area contributed by atoms with Crippen LogP contribution in [0.25, 0.3) is 0 Å². The highest BCUT2D eigenvalue weighted by Gasteiger charge is 2.27. The Kier molecular flexibility index (Phi) is 7.51. The normalized spacial score (nSPS) is 14.5. The Hall–Kier alpha value is -1.43. The molecule has 1 aromatic carbocycles. The summed E-state index contributed by atoms with van der Waals surface area (Å²) in [6, 6.07) is 9.54. The summed E-state index contributed by atoms with van der Waals surface area (Å²) in [6.45, 7) is 6.34. The first-order valence-corrected chi connectivity index (χ1v) is 7.46. The Labute approximate surface area is 131 Å². The number of ether oxygens (including phenoxy) is 2. The molecule has 0 heterocycles. The van der Waals surface area contributed by atoms with E-state index in [2.05, 4.69) is 0 Å². The van der Waals surface area contributed by atoms with Gasteiger partial charge < -0.3 is 19.7 Å². The van der Waals surface area contributed by atoms with E-state index in [-0.39, 0.29) is 25.2 Å². The Morgan fingerprint density at radius 3 is 2.41 bits per heavy atom. The van der Waals surface area contributed by atoms with Crippen LogP contribution in [0.5, 0.6) is 0 Å². The number of aliphatic carboxylic acids is 1. The number of aliphatic hydroxyl groups excluding tert-OH is 1. The molecule has 5 nitrogen and oxygen atoms in total. The van der Waals surface area contributed by atoms with Crippen LogP contribution in [0.15, 0.2) is 30.3 Å². The van der Waals surface area contributed by atoms with Crippen molar-refractivity contribution in [2.75, 3.05) is 13.2 Å². The third kappa shape index (κ3) is 7.54. The molecule has 0 fully saturated rings. The minimum Gasteiger partial charge on any atom is -0.481 e. The molecule has 0 aliphatic rings. The molecule has 5 heteroatoms. The SMILES string of the molecule is CC(C)(C)OCCC(C(=O)O)C(O)COCc1ccccc1. The Morgan fingerprint density at radius 2 is 1.86 bits per heavy atom. The zero-order chi connectivity index (χ0) is 16.6. The van der Waals surface area contributed by atoms with Crippen molar-refractivity contribution >= 4 is 5.97 Å². The number of benzene rings is 1. The lowest BCUT2D eigenvalue weighted by Crippen LogP contribution is -2.34. The fourth-order valence-corrected chi connectivity index (χ4v) is 1.96. The molecule has 0 saturated carbocycles. The molecule has 22 heavy (non-hydrogen) atoms. The van der Waals surface area contributed by atoms with Gasteiger partial charge in [-0.05, 0) is 32.8 Å². The lowest BCUT2D eigenvalue weighted by atomic mass is 9.99. The minimum atomic E-state index is -1.05. The van der Waals surface area contributed by atoms with Crippen molar-refractivity contribution in [2.24, 2.45) is 5.92 Å². The summed E-state index contributed by atoms with van der Waals surface area (Å²) in [7, 11) is 0. The molecular formula is C17H26O5. The van der Waals surface area contributed by atoms with Crippen molar-refractivity contribution in [3.8, 4) is 0 Å². The Balaban J connectivity index is 2.37. The molecule has 0 bridgehead atoms. The smallest absolute Gasteiger partial charge is 0.309 e. The van der Waals surface area contributed by atoms with Gasteiger partial charge in [0, 0.05) is 6.61 Å². The van der Waals surface area contributed by atoms with Crippen molar-refractivity contribution in [1.29, 1.82) is 0 Å². The molecule has 1 rings (SSSR count). The van der Waals surface area contributed by atoms with E-state index in [1.54, 1.807) is 0 Å². The van der Waals surface area contributed by atoms with Gasteiger partial charge in [-0.3, -0.25) is 4.79 Å². The predicted octanol–water partition coefficient (Wildman–Crippen LogP) is 2.47. The molecule has 2 atom stereocenters. The first-order chi connectivity index (χ1) is 10.3. The zero-order valence-electron chi connectivity index (χ0n) is 13.5. The van der Waals surface area contributed by atoms with Gasteiger partial charge in [0.1, 0.15) is 0 Å². The second-order valence-corrected chi connectivity index (χ2v) is 6.26. The van der Waals surface area contributed by atoms with Gasteiger partial charge in [0.2, 0.25) is 0 Å². The van der Waals surface area contributed by atoms with Crippen LogP contribution in [-0.2, 0) is 20.9 Å². The van der Waals surface area contributed by atoms with Crippen molar-refractivity contribution < 1.29 is 24.5 Å². The summed E-state index contributed by atoms with van der Waals surface area (Å²) in [5, 5.41) is 19.2. The second kappa shape index (κ2) is 8.88. The van der Waals surface area contributed by atoms with Crippen LogP contribution in [0.4, 0.5) is 0 Å². The van der Waals surface area contributed by atoms with Gasteiger partial charge in [-0.1, -0.05) is 30.3 Å². The van der Waals surface area contributed by atoms with E-state index in [0.717, 1.165) is 5.56 Å². The van der Waals surface area contributed by atoms with Crippen molar-refractivity contribution in [3.05, 3.63) is 35.9 Å². The first-order valence-electron chi connectivity index (χ1n) is 7.46. The summed E-state index contributed by atoms with van der Waals surface area (Å²) in [6.07, 6.45) is -0.799. The van der Waals surface area contributed by atoms with Crippen LogP contribution >= 0.6 is 0 Å². The molecule has 0 radical (unpaired) electrons. The quantitative estimate of drug-likeness (QED) is 0.733. The Bertz CT molecular complexity index is 438. The third-order valence-corrected chi connectivity index (χ3v) is 3.15. The van der Waals surface area contributed by atoms with Crippen LogP contribution in [0.2, 0.25) is 0 Å². The minimum absolute atomic E-state index is 0.0125. The summed E-state index contributed by atoms with van der Waals surface area (Å²) in [5.41, 5.74) is 0.662. The number of carboxylic acid groups (broad SMARTS) is 1. The lowest BCUT2D eigenvalue weighted by molar-refractivity contribution is -0.149. The van der Waals surface area contributed by atoms with E-state index in [4.69, 9.17) is 9.47 Å². The predicted molar refractivity (Wildman–Crippen MR) is 83.6 cm³/mol. The van der Waals surface area contributed by atoms with Gasteiger partial charge in [0.25, 0.3) is 0 Å². The number of hydrogen-bond acceptors (Lipinski definition) is 4. The highest BCUT2D eigenvalue weighted by Crippen LogP contribution is 2.15. The van der Waals surface area contributed by atoms with E-state index in [1.807, 2.05) is 51.1 Å². The molecule has 2 N–H and O–H groups in total. The maximum Gasteiger partial charge on any atom is 0.309 e. The first kappa shape index (κ1) is 18.6. The summed E-state index contributed by atoms with van der Waals surface area (Å²) in [5.74, 6) is -1.92. The molecule has 124 valence electrons. The topological polar surface area (TPSA) is 76.0 Å². The van der Waals surface area contributed by atoms with E-state index >= 15 is 0 Å². The van der Waals surface area contributed by atoms with E-state index in [0.29, 0.717) is 6.61 Å². The van der Waals surface area contributed by atoms with Gasteiger partial charge in [0.15, 0.2) is 0 Å². The number of rotatable bonds is 9. The van der Waals surface area contributed by atoms with Crippen LogP contribution in [-0.4, -0.2) is 41.1 Å². The Morgan fingerprint density at radius 1 is 1.23 bits per heavy atom. The highest BCUT2D eigenvalue weighted by atomic mass is 16.5. The van der Waals surface area contributed by atoms with Crippen LogP contribution in [0.3, 0.4) is 0 Å². The highest BCUT2D eigenvalue weighted by molar-refractivity contribution is 5.70. The monoisotopic (exact) mass is 310 g/mol. The number of carboxylic acids is 1. The average Bonchev–Trinajstić information content (AvgIpc) is 2.43. The third-order valence-electron chi connectivity index (χ3n) is 3.15. The summed E-state index contributed by atoms with van der Waals surface area (Å²) >= 11 is 0. The number of hydrogen-bond donors (Lipinski definition) is 2. The standard InChI is InChI=1S/C17H26O5/c1-17(2,3)22-10-9-14(16(19)20)15(18)12-21-11-13-7-5-4-6-8-13/h4-8,14-15,18H,9-12H2,1-3H3,(H,19,20). The van der Waals surface area contributed by atoms with Crippen LogP contribution in [0, 0.1) is 5.92 Å². The molecular weight excluding hydrogens is 284 g/mol. The summed E-state index contributed by atoms with van der Waals surface area (Å²) in [4.78, 5) is 11.3. The van der Waals surface area contributed by atoms with Crippen LogP contribution in [0.1, 0.15) is 32.8 Å². The van der Waals surface area contributed by atoms with E-state index < -0.39 is 18.0 Å². The molecule has 2 unspecified atom stereocenters. The lowest BCUT2D eigenvalue weighted by Gasteiger charge is -2.23. The van der Waals surface area contributed by atoms with E-state index in [1.165, 1.54) is 0 Å². The van der Waals surface area contributed by atoms with Gasteiger partial charge in [-0.2, -0.15) is 0 Å². The van der Waals surface area contributed by atoms with Gasteiger partial charge >= 0.3 is 5.97 Å². The second-order valence-electron chi connectivity index (χ2n) is 6.26. The average molecular weight is 310 g/mol. The number of aliphatic hydroxyl groups is 1. The summed E-state index contributed by atoms with van der Waals surface area (Å²) < 4.78 is 10.9. The van der Waals surface area contributed by atoms with Crippen molar-refractivity contribution in [3.63, 3.8) is 0 Å². The zero-order valence-corrected chi connectivity index (χ0v) is 13.5. The van der Waals surface area contributed by atoms with Crippen LogP contribution < -0.4 is 0 Å². The maximum absolute atomic E-state index is 11.3. The molecule has 0 saturated heterocycles. The molecule has 0 aromatic heterocycles. The fraction of sp³-hybridized carbons (Fsp3) is 0.588. The fourth-order valence-electron chi connectivity index (χ4n) is 1.96. The number of carbonyl (C=O) groups is 1. The largest absolute Gasteiger partial charge is 0.481 e. The maximum atomic E-state index is 11.3. The van der Waals surface area contributed by atoms with Crippen molar-refractivity contribution in [1.82, 2.24) is 0 Å². The molecule has 0 spiro atoms. The van der Waals surface area contributed by atoms with Gasteiger partial charge in [-0.15, -0.1) is 0 Å². The molecule has 0 aliphatic heterocycles. The molecule has 0 aliphatic carbocycles. The van der Waals surface area contributed by atoms with E-state index in [9.17, 15) is 15.0 Å². The van der Waals surface area contributed by atoms with Gasteiger partial charge in [-0.25, -0.2) is 0 Å². The molecule has 0 amide bonds.